The second kappa shape index (κ2) is 10.5. The zero-order chi connectivity index (χ0) is 31.6. The summed E-state index contributed by atoms with van der Waals surface area (Å²) in [5, 5.41) is 9.90. The number of likely N-dealkylation sites (N-methyl/N-ethyl adjacent to an activating group) is 1. The minimum absolute atomic E-state index is 0.0361. The maximum atomic E-state index is 16.2. The summed E-state index contributed by atoms with van der Waals surface area (Å²) in [6.45, 7) is 5.31. The summed E-state index contributed by atoms with van der Waals surface area (Å²) >= 11 is 0. The number of halogens is 2. The second-order valence-electron chi connectivity index (χ2n) is 11.1. The summed E-state index contributed by atoms with van der Waals surface area (Å²) in [7, 11) is 2.74. The Bertz CT molecular complexity index is 1910. The van der Waals surface area contributed by atoms with Crippen LogP contribution in [0.15, 0.2) is 41.5 Å². The molecule has 44 heavy (non-hydrogen) atoms. The van der Waals surface area contributed by atoms with Crippen LogP contribution in [0.2, 0.25) is 0 Å². The molecular weight excluding hydrogens is 576 g/mol. The molecule has 12 nitrogen and oxygen atoms in total. The average molecular weight is 606 g/mol. The van der Waals surface area contributed by atoms with Gasteiger partial charge in [0.15, 0.2) is 17.3 Å². The van der Waals surface area contributed by atoms with Gasteiger partial charge in [0.05, 0.1) is 30.6 Å². The lowest BCUT2D eigenvalue weighted by Gasteiger charge is -2.49. The number of hydrogen-bond donors (Lipinski definition) is 1. The van der Waals surface area contributed by atoms with E-state index in [9.17, 15) is 19.5 Å². The molecule has 228 valence electrons. The van der Waals surface area contributed by atoms with Gasteiger partial charge in [0.25, 0.3) is 11.5 Å². The van der Waals surface area contributed by atoms with Crippen molar-refractivity contribution >= 4 is 34.4 Å². The van der Waals surface area contributed by atoms with Crippen LogP contribution in [0, 0.1) is 11.6 Å². The van der Waals surface area contributed by atoms with Crippen molar-refractivity contribution in [1.29, 1.82) is 0 Å². The number of anilines is 2. The normalized spacial score (nSPS) is 18.1. The van der Waals surface area contributed by atoms with Crippen molar-refractivity contribution in [3.8, 4) is 22.8 Å². The molecule has 1 fully saturated rings. The Hall–Kier alpha value is -5.14. The van der Waals surface area contributed by atoms with Crippen molar-refractivity contribution in [2.75, 3.05) is 37.0 Å². The van der Waals surface area contributed by atoms with E-state index in [0.717, 1.165) is 17.0 Å². The lowest BCUT2D eigenvalue weighted by molar-refractivity contribution is -0.120. The highest BCUT2D eigenvalue weighted by Crippen LogP contribution is 2.43. The summed E-state index contributed by atoms with van der Waals surface area (Å²) in [6, 6.07) is 3.66. The number of ether oxygens (including phenoxy) is 1. The molecule has 0 aliphatic carbocycles. The number of pyridine rings is 2. The number of methoxy groups -OCH3 is 1. The van der Waals surface area contributed by atoms with E-state index >= 15 is 8.78 Å². The first-order valence-electron chi connectivity index (χ1n) is 13.9. The van der Waals surface area contributed by atoms with E-state index in [4.69, 9.17) is 4.74 Å². The predicted molar refractivity (Wildman–Crippen MR) is 158 cm³/mol. The Morgan fingerprint density at radius 2 is 1.82 bits per heavy atom. The second-order valence-corrected chi connectivity index (χ2v) is 11.1. The summed E-state index contributed by atoms with van der Waals surface area (Å²) in [6.07, 6.45) is 1.70. The van der Waals surface area contributed by atoms with E-state index in [1.54, 1.807) is 11.8 Å². The van der Waals surface area contributed by atoms with Crippen molar-refractivity contribution < 1.29 is 28.2 Å². The van der Waals surface area contributed by atoms with Gasteiger partial charge in [0.2, 0.25) is 0 Å². The summed E-state index contributed by atoms with van der Waals surface area (Å²) in [5.41, 5.74) is -0.736. The molecule has 0 spiro atoms. The maximum Gasteiger partial charge on any atom is 0.407 e. The van der Waals surface area contributed by atoms with Crippen LogP contribution < -0.4 is 20.1 Å². The number of piperazine rings is 1. The molecule has 1 saturated heterocycles. The van der Waals surface area contributed by atoms with E-state index in [-0.39, 0.29) is 58.5 Å². The van der Waals surface area contributed by atoms with Crippen LogP contribution >= 0.6 is 0 Å². The highest BCUT2D eigenvalue weighted by molar-refractivity contribution is 6.11. The first-order chi connectivity index (χ1) is 21.0. The summed E-state index contributed by atoms with van der Waals surface area (Å²) in [4.78, 5) is 57.6. The SMILES string of the molecule is COc1cccc(F)c1-c1nc2c(cc1F)c1c(c(=O)n2-c2nccnc2C(C)C)N(C)C(=O)[C@H]2CN(C(=O)O)[C@H](C)CN12. The third kappa shape index (κ3) is 4.23. The number of amides is 2. The van der Waals surface area contributed by atoms with E-state index in [1.807, 2.05) is 13.8 Å². The largest absolute Gasteiger partial charge is 0.496 e. The van der Waals surface area contributed by atoms with Crippen LogP contribution in [0.3, 0.4) is 0 Å². The summed E-state index contributed by atoms with van der Waals surface area (Å²) < 4.78 is 37.9. The molecule has 0 radical (unpaired) electrons. The Balaban J connectivity index is 1.75. The average Bonchev–Trinajstić information content (AvgIpc) is 2.99. The van der Waals surface area contributed by atoms with E-state index in [0.29, 0.717) is 5.69 Å². The van der Waals surface area contributed by atoms with Crippen molar-refractivity contribution in [2.24, 2.45) is 0 Å². The molecule has 2 amide bonds. The number of carbonyl (C=O) groups is 2. The molecule has 0 bridgehead atoms. The molecule has 2 atom stereocenters. The van der Waals surface area contributed by atoms with Crippen LogP contribution in [-0.2, 0) is 4.79 Å². The number of benzene rings is 1. The Morgan fingerprint density at radius 3 is 2.50 bits per heavy atom. The maximum absolute atomic E-state index is 16.2. The molecule has 2 aliphatic heterocycles. The van der Waals surface area contributed by atoms with Crippen LogP contribution in [0.5, 0.6) is 5.75 Å². The molecule has 0 unspecified atom stereocenters. The number of carboxylic acid groups (broad SMARTS) is 1. The highest BCUT2D eigenvalue weighted by atomic mass is 19.1. The lowest BCUT2D eigenvalue weighted by atomic mass is 9.98. The molecule has 1 N–H and O–H groups in total. The van der Waals surface area contributed by atoms with Gasteiger partial charge in [-0.2, -0.15) is 0 Å². The standard InChI is InChI=1S/C30H29F2N7O5/c1-14(2)22-27(34-10-9-33-22)39-26-16(11-18(32)23(35-26)21-17(31)7-6-8-20(21)44-5)24-25(29(39)41)36(4)28(40)19-13-37(30(42)43)15(3)12-38(19)24/h6-11,14-15,19H,12-13H2,1-5H3,(H,42,43)/t15-,19-/m1/s1. The zero-order valence-electron chi connectivity index (χ0n) is 24.6. The van der Waals surface area contributed by atoms with Gasteiger partial charge in [-0.25, -0.2) is 28.1 Å². The number of aromatic nitrogens is 4. The molecule has 1 aromatic carbocycles. The van der Waals surface area contributed by atoms with E-state index in [1.165, 1.54) is 48.2 Å². The fourth-order valence-electron chi connectivity index (χ4n) is 6.08. The number of fused-ring (bicyclic) bond motifs is 5. The van der Waals surface area contributed by atoms with Gasteiger partial charge in [0.1, 0.15) is 29.0 Å². The number of carbonyl (C=O) groups excluding carboxylic acids is 1. The Labute approximate surface area is 250 Å². The van der Waals surface area contributed by atoms with Gasteiger partial charge in [-0.15, -0.1) is 0 Å². The molecule has 3 aromatic heterocycles. The monoisotopic (exact) mass is 605 g/mol. The van der Waals surface area contributed by atoms with Crippen LogP contribution in [-0.4, -0.2) is 80.9 Å². The lowest BCUT2D eigenvalue weighted by Crippen LogP contribution is -2.66. The van der Waals surface area contributed by atoms with Gasteiger partial charge in [0, 0.05) is 37.4 Å². The third-order valence-electron chi connectivity index (χ3n) is 8.17. The quantitative estimate of drug-likeness (QED) is 0.369. The molecule has 0 saturated carbocycles. The fourth-order valence-corrected chi connectivity index (χ4v) is 6.08. The van der Waals surface area contributed by atoms with Crippen molar-refractivity contribution in [3.63, 3.8) is 0 Å². The van der Waals surface area contributed by atoms with Crippen molar-refractivity contribution in [1.82, 2.24) is 24.4 Å². The van der Waals surface area contributed by atoms with Gasteiger partial charge in [-0.05, 0) is 31.0 Å². The fraction of sp³-hybridized carbons (Fsp3) is 0.333. The first-order valence-corrected chi connectivity index (χ1v) is 13.9. The minimum atomic E-state index is -1.18. The number of rotatable bonds is 4. The first kappa shape index (κ1) is 29.0. The minimum Gasteiger partial charge on any atom is -0.496 e. The molecule has 14 heteroatoms. The van der Waals surface area contributed by atoms with Crippen molar-refractivity contribution in [3.05, 3.63) is 64.3 Å². The third-order valence-corrected chi connectivity index (χ3v) is 8.17. The number of hydrogen-bond acceptors (Lipinski definition) is 8. The van der Waals surface area contributed by atoms with Crippen molar-refractivity contribution in [2.45, 2.75) is 38.8 Å². The van der Waals surface area contributed by atoms with Crippen LogP contribution in [0.4, 0.5) is 25.0 Å². The zero-order valence-corrected chi connectivity index (χ0v) is 24.6. The van der Waals surface area contributed by atoms with Crippen LogP contribution in [0.25, 0.3) is 28.1 Å². The Morgan fingerprint density at radius 1 is 1.09 bits per heavy atom. The highest BCUT2D eigenvalue weighted by Gasteiger charge is 2.46. The molecule has 5 heterocycles. The van der Waals surface area contributed by atoms with Gasteiger partial charge in [-0.3, -0.25) is 14.6 Å². The predicted octanol–water partition coefficient (Wildman–Crippen LogP) is 3.79. The van der Waals surface area contributed by atoms with Gasteiger partial charge in [-0.1, -0.05) is 19.9 Å². The molecular formula is C30H29F2N7O5. The topological polar surface area (TPSA) is 134 Å². The number of nitrogens with zero attached hydrogens (tertiary/aromatic N) is 7. The van der Waals surface area contributed by atoms with E-state index in [2.05, 4.69) is 15.0 Å². The molecule has 4 aromatic rings. The molecule has 6 rings (SSSR count). The molecule has 2 aliphatic rings. The smallest absolute Gasteiger partial charge is 0.407 e. The van der Waals surface area contributed by atoms with E-state index < -0.39 is 47.0 Å². The summed E-state index contributed by atoms with van der Waals surface area (Å²) in [5.74, 6) is -2.22. The Kier molecular flexibility index (Phi) is 6.94. The van der Waals surface area contributed by atoms with Crippen LogP contribution in [0.1, 0.15) is 32.4 Å². The van der Waals surface area contributed by atoms with Gasteiger partial charge < -0.3 is 24.5 Å². The van der Waals surface area contributed by atoms with Gasteiger partial charge >= 0.3 is 6.09 Å².